The number of ether oxygens (including phenoxy) is 1. The van der Waals surface area contributed by atoms with Crippen molar-refractivity contribution in [1.82, 2.24) is 10.2 Å². The van der Waals surface area contributed by atoms with Crippen LogP contribution in [0.5, 0.6) is 5.75 Å². The second-order valence-electron chi connectivity index (χ2n) is 6.33. The van der Waals surface area contributed by atoms with E-state index in [0.717, 1.165) is 17.5 Å². The molecule has 0 unspecified atom stereocenters. The molecule has 0 aromatic heterocycles. The Morgan fingerprint density at radius 1 is 1.12 bits per heavy atom. The number of aromatic hydroxyl groups is 1. The van der Waals surface area contributed by atoms with Gasteiger partial charge in [-0.3, -0.25) is 0 Å². The number of hydrogen-bond donors (Lipinski definition) is 2. The second-order valence-corrected chi connectivity index (χ2v) is 6.33. The average Bonchev–Trinajstić information content (AvgIpc) is 2.60. The van der Waals surface area contributed by atoms with E-state index >= 15 is 0 Å². The molecule has 2 N–H and O–H groups in total. The van der Waals surface area contributed by atoms with Crippen molar-refractivity contribution >= 4 is 6.09 Å². The first-order valence-corrected chi connectivity index (χ1v) is 8.39. The van der Waals surface area contributed by atoms with Crippen molar-refractivity contribution in [2.45, 2.75) is 25.5 Å². The summed E-state index contributed by atoms with van der Waals surface area (Å²) >= 11 is 0. The summed E-state index contributed by atoms with van der Waals surface area (Å²) in [6, 6.07) is 16.9. The molecule has 0 heterocycles. The van der Waals surface area contributed by atoms with Gasteiger partial charge < -0.3 is 20.1 Å². The van der Waals surface area contributed by atoms with Crippen molar-refractivity contribution in [3.8, 4) is 5.75 Å². The van der Waals surface area contributed by atoms with E-state index in [1.165, 1.54) is 0 Å². The number of phenolic OH excluding ortho intramolecular Hbond substituents is 1. The van der Waals surface area contributed by atoms with Crippen molar-refractivity contribution < 1.29 is 14.6 Å². The number of rotatable bonds is 7. The Morgan fingerprint density at radius 3 is 2.36 bits per heavy atom. The van der Waals surface area contributed by atoms with E-state index in [-0.39, 0.29) is 17.9 Å². The molecular weight excluding hydrogens is 316 g/mol. The lowest BCUT2D eigenvalue weighted by Gasteiger charge is -2.25. The summed E-state index contributed by atoms with van der Waals surface area (Å²) in [5.74, 6) is 0.252. The van der Waals surface area contributed by atoms with Gasteiger partial charge in [-0.2, -0.15) is 0 Å². The van der Waals surface area contributed by atoms with E-state index < -0.39 is 6.09 Å². The Kier molecular flexibility index (Phi) is 6.83. The topological polar surface area (TPSA) is 61.8 Å². The molecule has 0 saturated heterocycles. The molecule has 0 spiro atoms. The van der Waals surface area contributed by atoms with E-state index in [1.807, 2.05) is 63.5 Å². The number of likely N-dealkylation sites (N-methyl/N-ethyl adjacent to an activating group) is 1. The van der Waals surface area contributed by atoms with Crippen LogP contribution in [-0.4, -0.2) is 42.8 Å². The lowest BCUT2D eigenvalue weighted by atomic mass is 10.1. The first-order chi connectivity index (χ1) is 12.0. The normalized spacial score (nSPS) is 13.3. The second kappa shape index (κ2) is 9.08. The highest BCUT2D eigenvalue weighted by Gasteiger charge is 2.16. The number of nitrogens with one attached hydrogen (secondary N) is 1. The van der Waals surface area contributed by atoms with Gasteiger partial charge in [0.15, 0.2) is 0 Å². The highest BCUT2D eigenvalue weighted by molar-refractivity contribution is 5.67. The van der Waals surface area contributed by atoms with Crippen LogP contribution in [0, 0.1) is 0 Å². The van der Waals surface area contributed by atoms with Gasteiger partial charge in [-0.05, 0) is 50.7 Å². The van der Waals surface area contributed by atoms with Crippen LogP contribution in [0.1, 0.15) is 24.2 Å². The van der Waals surface area contributed by atoms with Crippen molar-refractivity contribution in [2.24, 2.45) is 0 Å². The minimum atomic E-state index is -0.422. The zero-order chi connectivity index (χ0) is 18.2. The number of amides is 1. The smallest absolute Gasteiger partial charge is 0.407 e. The van der Waals surface area contributed by atoms with Crippen molar-refractivity contribution in [3.05, 3.63) is 65.7 Å². The lowest BCUT2D eigenvalue weighted by Crippen LogP contribution is -2.41. The fourth-order valence-corrected chi connectivity index (χ4v) is 2.54. The van der Waals surface area contributed by atoms with Gasteiger partial charge in [0.2, 0.25) is 0 Å². The average molecular weight is 342 g/mol. The summed E-state index contributed by atoms with van der Waals surface area (Å²) in [7, 11) is 3.95. The Labute approximate surface area is 149 Å². The summed E-state index contributed by atoms with van der Waals surface area (Å²) in [5.41, 5.74) is 2.07. The van der Waals surface area contributed by atoms with Gasteiger partial charge in [-0.1, -0.05) is 42.5 Å². The molecule has 134 valence electrons. The number of hydrogen-bond acceptors (Lipinski definition) is 4. The van der Waals surface area contributed by atoms with E-state index in [0.29, 0.717) is 6.54 Å². The van der Waals surface area contributed by atoms with Gasteiger partial charge >= 0.3 is 6.09 Å². The molecule has 25 heavy (non-hydrogen) atoms. The van der Waals surface area contributed by atoms with Gasteiger partial charge in [0.1, 0.15) is 11.9 Å². The van der Waals surface area contributed by atoms with Crippen LogP contribution in [0.2, 0.25) is 0 Å². The predicted molar refractivity (Wildman–Crippen MR) is 98.6 cm³/mol. The third-order valence-electron chi connectivity index (χ3n) is 4.17. The fraction of sp³-hybridized carbons (Fsp3) is 0.350. The van der Waals surface area contributed by atoms with Crippen LogP contribution < -0.4 is 5.32 Å². The first-order valence-electron chi connectivity index (χ1n) is 8.39. The third kappa shape index (κ3) is 6.12. The monoisotopic (exact) mass is 342 g/mol. The first kappa shape index (κ1) is 18.8. The van der Waals surface area contributed by atoms with Crippen LogP contribution in [-0.2, 0) is 11.2 Å². The predicted octanol–water partition coefficient (Wildman–Crippen LogP) is 3.35. The summed E-state index contributed by atoms with van der Waals surface area (Å²) in [6.45, 7) is 2.34. The molecule has 0 radical (unpaired) electrons. The minimum absolute atomic E-state index is 0.129. The Bertz CT molecular complexity index is 656. The van der Waals surface area contributed by atoms with E-state index in [9.17, 15) is 9.90 Å². The molecule has 2 aromatic rings. The zero-order valence-corrected chi connectivity index (χ0v) is 15.0. The maximum Gasteiger partial charge on any atom is 0.407 e. The van der Waals surface area contributed by atoms with Crippen molar-refractivity contribution in [2.75, 3.05) is 20.6 Å². The van der Waals surface area contributed by atoms with Crippen LogP contribution in [0.15, 0.2) is 54.6 Å². The largest absolute Gasteiger partial charge is 0.508 e. The molecule has 1 amide bonds. The molecule has 0 aliphatic rings. The van der Waals surface area contributed by atoms with E-state index in [4.69, 9.17) is 4.74 Å². The standard InChI is InChI=1S/C20H26N2O3/c1-15(17-7-5-4-6-8-17)25-20(24)21-14-18(22(2)3)13-16-9-11-19(23)12-10-16/h4-12,15,18,23H,13-14H2,1-3H3,(H,21,24)/t15-,18-/m0/s1. The maximum atomic E-state index is 12.1. The summed E-state index contributed by atoms with van der Waals surface area (Å²) in [5, 5.41) is 12.2. The molecule has 0 saturated carbocycles. The van der Waals surface area contributed by atoms with E-state index in [1.54, 1.807) is 12.1 Å². The van der Waals surface area contributed by atoms with Gasteiger partial charge in [-0.15, -0.1) is 0 Å². The quantitative estimate of drug-likeness (QED) is 0.810. The minimum Gasteiger partial charge on any atom is -0.508 e. The fourth-order valence-electron chi connectivity index (χ4n) is 2.54. The highest BCUT2D eigenvalue weighted by atomic mass is 16.6. The molecule has 0 aliphatic heterocycles. The van der Waals surface area contributed by atoms with Crippen molar-refractivity contribution in [3.63, 3.8) is 0 Å². The highest BCUT2D eigenvalue weighted by Crippen LogP contribution is 2.16. The third-order valence-corrected chi connectivity index (χ3v) is 4.17. The Hall–Kier alpha value is -2.53. The molecule has 0 fully saturated rings. The van der Waals surface area contributed by atoms with Crippen LogP contribution in [0.4, 0.5) is 4.79 Å². The Balaban J connectivity index is 1.85. The molecule has 0 aliphatic carbocycles. The van der Waals surface area contributed by atoms with Gasteiger partial charge in [-0.25, -0.2) is 4.79 Å². The Morgan fingerprint density at radius 2 is 1.76 bits per heavy atom. The van der Waals surface area contributed by atoms with Crippen LogP contribution in [0.3, 0.4) is 0 Å². The van der Waals surface area contributed by atoms with E-state index in [2.05, 4.69) is 10.2 Å². The molecule has 2 atom stereocenters. The molecule has 0 bridgehead atoms. The van der Waals surface area contributed by atoms with Crippen molar-refractivity contribution in [1.29, 1.82) is 0 Å². The van der Waals surface area contributed by atoms with Crippen LogP contribution in [0.25, 0.3) is 0 Å². The van der Waals surface area contributed by atoms with Gasteiger partial charge in [0.25, 0.3) is 0 Å². The number of phenols is 1. The molecule has 5 nitrogen and oxygen atoms in total. The number of nitrogens with zero attached hydrogens (tertiary/aromatic N) is 1. The zero-order valence-electron chi connectivity index (χ0n) is 15.0. The molecule has 5 heteroatoms. The number of benzene rings is 2. The van der Waals surface area contributed by atoms with Crippen LogP contribution >= 0.6 is 0 Å². The number of carbonyl (C=O) groups excluding carboxylic acids is 1. The summed E-state index contributed by atoms with van der Waals surface area (Å²) in [4.78, 5) is 14.1. The lowest BCUT2D eigenvalue weighted by molar-refractivity contribution is 0.104. The summed E-state index contributed by atoms with van der Waals surface area (Å²) < 4.78 is 5.43. The summed E-state index contributed by atoms with van der Waals surface area (Å²) in [6.07, 6.45) is 0.0481. The SMILES string of the molecule is C[C@H](OC(=O)NC[C@H](Cc1ccc(O)cc1)N(C)C)c1ccccc1. The molecule has 2 rings (SSSR count). The molecule has 2 aromatic carbocycles. The van der Waals surface area contributed by atoms with Gasteiger partial charge in [0, 0.05) is 12.6 Å². The number of alkyl carbamates (subject to hydrolysis) is 1. The maximum absolute atomic E-state index is 12.1. The molecular formula is C20H26N2O3. The number of carbonyl (C=O) groups is 1. The van der Waals surface area contributed by atoms with Gasteiger partial charge in [0.05, 0.1) is 0 Å².